The number of fused-ring (bicyclic) bond motifs is 1. The fraction of sp³-hybridized carbons (Fsp3) is 0.500. The Kier molecular flexibility index (Phi) is 3.67. The van der Waals surface area contributed by atoms with Gasteiger partial charge in [0, 0.05) is 11.8 Å². The average Bonchev–Trinajstić information content (AvgIpc) is 2.86. The van der Waals surface area contributed by atoms with E-state index in [1.807, 2.05) is 23.2 Å². The molecule has 1 saturated heterocycles. The number of thiophene rings is 1. The van der Waals surface area contributed by atoms with Crippen molar-refractivity contribution < 1.29 is 0 Å². The standard InChI is InChI=1S/C12H15N3OS2/c16-12-11-9(3-5-18-11)14-10(15-12)6-13-8-2-1-4-17-7-8/h3,5,8,13H,1-2,4,6-7H2,(H,14,15,16). The van der Waals surface area contributed by atoms with Crippen LogP contribution in [0.5, 0.6) is 0 Å². The molecule has 1 atom stereocenters. The third-order valence-corrected chi connectivity index (χ3v) is 5.20. The zero-order valence-corrected chi connectivity index (χ0v) is 11.6. The highest BCUT2D eigenvalue weighted by Gasteiger charge is 2.13. The van der Waals surface area contributed by atoms with Crippen LogP contribution in [0.2, 0.25) is 0 Å². The number of nitrogens with one attached hydrogen (secondary N) is 2. The smallest absolute Gasteiger partial charge is 0.268 e. The lowest BCUT2D eigenvalue weighted by atomic mass is 10.2. The number of aromatic amines is 1. The number of hydrogen-bond donors (Lipinski definition) is 2. The number of rotatable bonds is 3. The first kappa shape index (κ1) is 12.2. The molecule has 18 heavy (non-hydrogen) atoms. The van der Waals surface area contributed by atoms with Crippen LogP contribution in [-0.4, -0.2) is 27.5 Å². The summed E-state index contributed by atoms with van der Waals surface area (Å²) >= 11 is 3.43. The summed E-state index contributed by atoms with van der Waals surface area (Å²) < 4.78 is 0.715. The first-order valence-electron chi connectivity index (χ1n) is 6.10. The Morgan fingerprint density at radius 3 is 3.33 bits per heavy atom. The minimum Gasteiger partial charge on any atom is -0.308 e. The number of aromatic nitrogens is 2. The molecule has 0 aliphatic carbocycles. The van der Waals surface area contributed by atoms with Gasteiger partial charge in [0.1, 0.15) is 10.5 Å². The van der Waals surface area contributed by atoms with E-state index in [4.69, 9.17) is 0 Å². The van der Waals surface area contributed by atoms with E-state index < -0.39 is 0 Å². The molecule has 96 valence electrons. The summed E-state index contributed by atoms with van der Waals surface area (Å²) in [6.45, 7) is 0.645. The minimum absolute atomic E-state index is 0.0233. The van der Waals surface area contributed by atoms with Crippen molar-refractivity contribution in [1.29, 1.82) is 0 Å². The molecule has 0 aromatic carbocycles. The second kappa shape index (κ2) is 5.42. The van der Waals surface area contributed by atoms with Crippen molar-refractivity contribution in [2.45, 2.75) is 25.4 Å². The molecule has 0 bridgehead atoms. The lowest BCUT2D eigenvalue weighted by molar-refractivity contribution is 0.499. The topological polar surface area (TPSA) is 57.8 Å². The second-order valence-electron chi connectivity index (χ2n) is 4.44. The first-order valence-corrected chi connectivity index (χ1v) is 8.14. The fourth-order valence-corrected chi connectivity index (χ4v) is 3.98. The highest BCUT2D eigenvalue weighted by Crippen LogP contribution is 2.17. The predicted molar refractivity (Wildman–Crippen MR) is 77.4 cm³/mol. The van der Waals surface area contributed by atoms with Gasteiger partial charge in [-0.2, -0.15) is 11.8 Å². The van der Waals surface area contributed by atoms with Gasteiger partial charge >= 0.3 is 0 Å². The summed E-state index contributed by atoms with van der Waals surface area (Å²) in [4.78, 5) is 19.1. The summed E-state index contributed by atoms with van der Waals surface area (Å²) in [5.41, 5.74) is 0.781. The van der Waals surface area contributed by atoms with E-state index in [0.717, 1.165) is 17.1 Å². The summed E-state index contributed by atoms with van der Waals surface area (Å²) in [6, 6.07) is 2.45. The molecule has 1 unspecified atom stereocenters. The van der Waals surface area contributed by atoms with Gasteiger partial charge in [0.05, 0.1) is 12.1 Å². The van der Waals surface area contributed by atoms with Gasteiger partial charge in [0.25, 0.3) is 5.56 Å². The van der Waals surface area contributed by atoms with E-state index in [1.165, 1.54) is 29.9 Å². The van der Waals surface area contributed by atoms with Crippen molar-refractivity contribution in [3.8, 4) is 0 Å². The van der Waals surface area contributed by atoms with E-state index in [0.29, 0.717) is 17.3 Å². The maximum absolute atomic E-state index is 11.8. The van der Waals surface area contributed by atoms with Crippen LogP contribution < -0.4 is 10.9 Å². The number of nitrogens with zero attached hydrogens (tertiary/aromatic N) is 1. The largest absolute Gasteiger partial charge is 0.308 e. The molecule has 0 radical (unpaired) electrons. The Morgan fingerprint density at radius 1 is 1.56 bits per heavy atom. The number of thioether (sulfide) groups is 1. The lowest BCUT2D eigenvalue weighted by Crippen LogP contribution is -2.34. The number of hydrogen-bond acceptors (Lipinski definition) is 5. The molecular weight excluding hydrogens is 266 g/mol. The van der Waals surface area contributed by atoms with Crippen LogP contribution in [0.25, 0.3) is 10.2 Å². The highest BCUT2D eigenvalue weighted by molar-refractivity contribution is 7.99. The number of H-pyrrole nitrogens is 1. The highest BCUT2D eigenvalue weighted by atomic mass is 32.2. The second-order valence-corrected chi connectivity index (χ2v) is 6.51. The Bertz CT molecular complexity index is 586. The molecule has 1 aliphatic heterocycles. The fourth-order valence-electron chi connectivity index (χ4n) is 2.15. The van der Waals surface area contributed by atoms with E-state index >= 15 is 0 Å². The third-order valence-electron chi connectivity index (χ3n) is 3.08. The Morgan fingerprint density at radius 2 is 2.50 bits per heavy atom. The van der Waals surface area contributed by atoms with Crippen LogP contribution in [0.4, 0.5) is 0 Å². The molecule has 3 heterocycles. The molecule has 2 N–H and O–H groups in total. The van der Waals surface area contributed by atoms with Crippen LogP contribution >= 0.6 is 23.1 Å². The Balaban J connectivity index is 1.72. The molecule has 1 aliphatic rings. The monoisotopic (exact) mass is 281 g/mol. The van der Waals surface area contributed by atoms with Gasteiger partial charge in [0.2, 0.25) is 0 Å². The predicted octanol–water partition coefficient (Wildman–Crippen LogP) is 1.97. The van der Waals surface area contributed by atoms with Gasteiger partial charge in [0.15, 0.2) is 0 Å². The van der Waals surface area contributed by atoms with E-state index in [1.54, 1.807) is 0 Å². The quantitative estimate of drug-likeness (QED) is 0.903. The van der Waals surface area contributed by atoms with Gasteiger partial charge in [-0.15, -0.1) is 11.3 Å². The zero-order chi connectivity index (χ0) is 12.4. The molecule has 2 aromatic rings. The lowest BCUT2D eigenvalue weighted by Gasteiger charge is -2.22. The van der Waals surface area contributed by atoms with E-state index in [2.05, 4.69) is 15.3 Å². The minimum atomic E-state index is -0.0233. The molecule has 0 amide bonds. The van der Waals surface area contributed by atoms with Crippen LogP contribution in [0, 0.1) is 0 Å². The molecule has 2 aromatic heterocycles. The van der Waals surface area contributed by atoms with Crippen molar-refractivity contribution >= 4 is 33.3 Å². The van der Waals surface area contributed by atoms with Crippen molar-refractivity contribution in [1.82, 2.24) is 15.3 Å². The molecule has 0 spiro atoms. The summed E-state index contributed by atoms with van der Waals surface area (Å²) in [6.07, 6.45) is 2.49. The Hall–Kier alpha value is -0.850. The van der Waals surface area contributed by atoms with Crippen LogP contribution in [-0.2, 0) is 6.54 Å². The molecule has 1 fully saturated rings. The zero-order valence-electron chi connectivity index (χ0n) is 9.94. The van der Waals surface area contributed by atoms with Crippen molar-refractivity contribution in [2.75, 3.05) is 11.5 Å². The molecule has 6 heteroatoms. The van der Waals surface area contributed by atoms with Crippen LogP contribution in [0.15, 0.2) is 16.2 Å². The normalized spacial score (nSPS) is 20.3. The third kappa shape index (κ3) is 2.60. The van der Waals surface area contributed by atoms with Crippen molar-refractivity contribution in [2.24, 2.45) is 0 Å². The first-order chi connectivity index (χ1) is 8.83. The van der Waals surface area contributed by atoms with E-state index in [-0.39, 0.29) is 5.56 Å². The van der Waals surface area contributed by atoms with Crippen molar-refractivity contribution in [3.05, 3.63) is 27.6 Å². The molecule has 0 saturated carbocycles. The molecule has 4 nitrogen and oxygen atoms in total. The molecular formula is C12H15N3OS2. The average molecular weight is 281 g/mol. The van der Waals surface area contributed by atoms with Crippen molar-refractivity contribution in [3.63, 3.8) is 0 Å². The van der Waals surface area contributed by atoms with Gasteiger partial charge in [-0.1, -0.05) is 0 Å². The molecule has 3 rings (SSSR count). The maximum atomic E-state index is 11.8. The van der Waals surface area contributed by atoms with Gasteiger partial charge in [-0.25, -0.2) is 4.98 Å². The Labute approximate surface area is 113 Å². The maximum Gasteiger partial charge on any atom is 0.268 e. The van der Waals surface area contributed by atoms with Gasteiger partial charge in [-0.3, -0.25) is 4.79 Å². The SMILES string of the molecule is O=c1[nH]c(CNC2CCCSC2)nc2ccsc12. The van der Waals surface area contributed by atoms with Gasteiger partial charge < -0.3 is 10.3 Å². The van der Waals surface area contributed by atoms with Crippen LogP contribution in [0.3, 0.4) is 0 Å². The van der Waals surface area contributed by atoms with Crippen LogP contribution in [0.1, 0.15) is 18.7 Å². The van der Waals surface area contributed by atoms with E-state index in [9.17, 15) is 4.79 Å². The van der Waals surface area contributed by atoms with Gasteiger partial charge in [-0.05, 0) is 30.0 Å². The summed E-state index contributed by atoms with van der Waals surface area (Å²) in [5, 5.41) is 5.38. The summed E-state index contributed by atoms with van der Waals surface area (Å²) in [5.74, 6) is 3.17. The summed E-state index contributed by atoms with van der Waals surface area (Å²) in [7, 11) is 0.